The first-order chi connectivity index (χ1) is 10.2. The fraction of sp³-hybridized carbons (Fsp3) is 1.00. The first-order valence-electron chi connectivity index (χ1n) is 9.08. The first-order valence-corrected chi connectivity index (χ1v) is 9.08. The van der Waals surface area contributed by atoms with Crippen LogP contribution in [-0.2, 0) is 14.2 Å². The third kappa shape index (κ3) is 3.37. The van der Waals surface area contributed by atoms with E-state index in [9.17, 15) is 0 Å². The fourth-order valence-corrected chi connectivity index (χ4v) is 4.10. The summed E-state index contributed by atoms with van der Waals surface area (Å²) in [5.41, 5.74) is -0.165. The molecule has 9 atom stereocenters. The van der Waals surface area contributed by atoms with Crippen molar-refractivity contribution in [3.8, 4) is 0 Å². The van der Waals surface area contributed by atoms with E-state index in [2.05, 4.69) is 55.4 Å². The maximum atomic E-state index is 6.18. The summed E-state index contributed by atoms with van der Waals surface area (Å²) in [6.45, 7) is 19.4. The Labute approximate surface area is 137 Å². The van der Waals surface area contributed by atoms with Crippen molar-refractivity contribution in [2.45, 2.75) is 79.3 Å². The predicted octanol–water partition coefficient (Wildman–Crippen LogP) is 4.15. The number of ether oxygens (including phenoxy) is 3. The minimum absolute atomic E-state index is 0.165. The molecule has 3 nitrogen and oxygen atoms in total. The van der Waals surface area contributed by atoms with Crippen molar-refractivity contribution in [2.75, 3.05) is 13.2 Å². The molecule has 3 unspecified atom stereocenters. The molecule has 0 aliphatic carbocycles. The van der Waals surface area contributed by atoms with Gasteiger partial charge in [0.2, 0.25) is 0 Å². The van der Waals surface area contributed by atoms with Gasteiger partial charge in [-0.1, -0.05) is 34.6 Å². The van der Waals surface area contributed by atoms with Gasteiger partial charge in [0.25, 0.3) is 0 Å². The Kier molecular flexibility index (Phi) is 5.62. The van der Waals surface area contributed by atoms with Crippen LogP contribution in [0.1, 0.15) is 55.4 Å². The highest BCUT2D eigenvalue weighted by molar-refractivity contribution is 4.93. The lowest BCUT2D eigenvalue weighted by atomic mass is 9.77. The molecule has 2 rings (SSSR count). The molecule has 0 amide bonds. The molecular weight excluding hydrogens is 276 g/mol. The van der Waals surface area contributed by atoms with E-state index in [1.165, 1.54) is 0 Å². The number of hydrogen-bond acceptors (Lipinski definition) is 3. The second-order valence-electron chi connectivity index (χ2n) is 8.26. The molecule has 0 aromatic carbocycles. The van der Waals surface area contributed by atoms with Gasteiger partial charge in [0, 0.05) is 0 Å². The third-order valence-corrected chi connectivity index (χ3v) is 6.99. The predicted molar refractivity (Wildman–Crippen MR) is 89.9 cm³/mol. The molecule has 2 saturated heterocycles. The standard InChI is InChI=1S/C19H36O3/c1-11-12(2)16(6)21-18(13(11)3)9-20-10-19(8)15(5)14(4)17(7)22-19/h11-18H,9-10H2,1-8H3/t11-,12+,13?,14-,15?,16?,17-,18-,19+/m1/s1. The van der Waals surface area contributed by atoms with Gasteiger partial charge >= 0.3 is 0 Å². The van der Waals surface area contributed by atoms with E-state index in [0.717, 1.165) is 0 Å². The van der Waals surface area contributed by atoms with Gasteiger partial charge in [-0.2, -0.15) is 0 Å². The molecule has 0 saturated carbocycles. The molecule has 0 spiro atoms. The Bertz CT molecular complexity index is 372. The Balaban J connectivity index is 1.86. The van der Waals surface area contributed by atoms with Gasteiger partial charge in [-0.3, -0.25) is 0 Å². The highest BCUT2D eigenvalue weighted by Gasteiger charge is 2.46. The number of rotatable bonds is 4. The topological polar surface area (TPSA) is 27.7 Å². The van der Waals surface area contributed by atoms with E-state index < -0.39 is 0 Å². The second-order valence-corrected chi connectivity index (χ2v) is 8.26. The van der Waals surface area contributed by atoms with Crippen molar-refractivity contribution in [1.82, 2.24) is 0 Å². The Morgan fingerprint density at radius 1 is 0.818 bits per heavy atom. The molecule has 3 heteroatoms. The minimum atomic E-state index is -0.165. The smallest absolute Gasteiger partial charge is 0.0919 e. The van der Waals surface area contributed by atoms with Gasteiger partial charge in [0.15, 0.2) is 0 Å². The van der Waals surface area contributed by atoms with Crippen LogP contribution in [0.3, 0.4) is 0 Å². The van der Waals surface area contributed by atoms with E-state index in [-0.39, 0.29) is 11.7 Å². The van der Waals surface area contributed by atoms with Gasteiger partial charge in [-0.25, -0.2) is 0 Å². The maximum Gasteiger partial charge on any atom is 0.0919 e. The average molecular weight is 312 g/mol. The molecule has 2 fully saturated rings. The van der Waals surface area contributed by atoms with Crippen molar-refractivity contribution < 1.29 is 14.2 Å². The largest absolute Gasteiger partial charge is 0.376 e. The van der Waals surface area contributed by atoms with E-state index in [4.69, 9.17) is 14.2 Å². The average Bonchev–Trinajstić information content (AvgIpc) is 2.66. The molecule has 0 radical (unpaired) electrons. The zero-order valence-electron chi connectivity index (χ0n) is 15.8. The van der Waals surface area contributed by atoms with E-state index in [0.29, 0.717) is 55.0 Å². The molecule has 0 aromatic heterocycles. The quantitative estimate of drug-likeness (QED) is 0.780. The summed E-state index contributed by atoms with van der Waals surface area (Å²) in [7, 11) is 0. The van der Waals surface area contributed by atoms with Crippen LogP contribution in [0.5, 0.6) is 0 Å². The molecule has 22 heavy (non-hydrogen) atoms. The summed E-state index contributed by atoms with van der Waals surface area (Å²) in [4.78, 5) is 0. The van der Waals surface area contributed by atoms with Crippen molar-refractivity contribution >= 4 is 0 Å². The van der Waals surface area contributed by atoms with Crippen LogP contribution < -0.4 is 0 Å². The highest BCUT2D eigenvalue weighted by Crippen LogP contribution is 2.40. The summed E-state index contributed by atoms with van der Waals surface area (Å²) < 4.78 is 18.4. The monoisotopic (exact) mass is 312 g/mol. The summed E-state index contributed by atoms with van der Waals surface area (Å²) in [6.07, 6.45) is 0.836. The van der Waals surface area contributed by atoms with Crippen molar-refractivity contribution in [3.05, 3.63) is 0 Å². The van der Waals surface area contributed by atoms with Crippen LogP contribution >= 0.6 is 0 Å². The maximum absolute atomic E-state index is 6.18. The second kappa shape index (κ2) is 6.78. The Hall–Kier alpha value is -0.120. The van der Waals surface area contributed by atoms with Gasteiger partial charge in [-0.15, -0.1) is 0 Å². The van der Waals surface area contributed by atoms with Crippen LogP contribution in [0.25, 0.3) is 0 Å². The molecular formula is C19H36O3. The molecule has 2 heterocycles. The van der Waals surface area contributed by atoms with E-state index >= 15 is 0 Å². The lowest BCUT2D eigenvalue weighted by molar-refractivity contribution is -0.163. The molecule has 2 aliphatic heterocycles. The van der Waals surface area contributed by atoms with Crippen LogP contribution in [0.4, 0.5) is 0 Å². The van der Waals surface area contributed by atoms with Crippen molar-refractivity contribution in [3.63, 3.8) is 0 Å². The summed E-state index contributed by atoms with van der Waals surface area (Å²) >= 11 is 0. The van der Waals surface area contributed by atoms with Crippen molar-refractivity contribution in [1.29, 1.82) is 0 Å². The number of hydrogen-bond donors (Lipinski definition) is 0. The van der Waals surface area contributed by atoms with E-state index in [1.54, 1.807) is 0 Å². The lowest BCUT2D eigenvalue weighted by Gasteiger charge is -2.42. The minimum Gasteiger partial charge on any atom is -0.376 e. The Morgan fingerprint density at radius 2 is 1.45 bits per heavy atom. The normalized spacial score (nSPS) is 52.9. The van der Waals surface area contributed by atoms with Gasteiger partial charge in [-0.05, 0) is 50.4 Å². The van der Waals surface area contributed by atoms with Gasteiger partial charge < -0.3 is 14.2 Å². The van der Waals surface area contributed by atoms with Crippen LogP contribution in [-0.4, -0.2) is 37.1 Å². The molecule has 2 aliphatic rings. The zero-order valence-corrected chi connectivity index (χ0v) is 15.8. The molecule has 130 valence electrons. The summed E-state index contributed by atoms with van der Waals surface area (Å²) in [6, 6.07) is 0. The highest BCUT2D eigenvalue weighted by atomic mass is 16.6. The van der Waals surface area contributed by atoms with Crippen LogP contribution in [0, 0.1) is 29.6 Å². The zero-order chi connectivity index (χ0) is 16.7. The third-order valence-electron chi connectivity index (χ3n) is 6.99. The van der Waals surface area contributed by atoms with Crippen LogP contribution in [0.15, 0.2) is 0 Å². The lowest BCUT2D eigenvalue weighted by Crippen LogP contribution is -2.46. The molecule has 0 bridgehead atoms. The summed E-state index contributed by atoms with van der Waals surface area (Å²) in [5.74, 6) is 2.93. The van der Waals surface area contributed by atoms with Crippen LogP contribution in [0.2, 0.25) is 0 Å². The first kappa shape index (κ1) is 18.2. The Morgan fingerprint density at radius 3 is 2.00 bits per heavy atom. The summed E-state index contributed by atoms with van der Waals surface area (Å²) in [5, 5.41) is 0. The van der Waals surface area contributed by atoms with Gasteiger partial charge in [0.1, 0.15) is 0 Å². The SMILES string of the molecule is CC1O[C@H](COC[C@]2(C)O[C@H](C)[C@H](C)C2C)C(C)[C@H](C)[C@@H]1C. The van der Waals surface area contributed by atoms with Crippen molar-refractivity contribution in [2.24, 2.45) is 29.6 Å². The molecule has 0 aromatic rings. The fourth-order valence-electron chi connectivity index (χ4n) is 4.10. The van der Waals surface area contributed by atoms with Gasteiger partial charge in [0.05, 0.1) is 37.1 Å². The van der Waals surface area contributed by atoms with E-state index in [1.807, 2.05) is 0 Å². The molecule has 0 N–H and O–H groups in total.